The lowest BCUT2D eigenvalue weighted by atomic mass is 9.87. The van der Waals surface area contributed by atoms with Gasteiger partial charge in [-0.15, -0.1) is 0 Å². The van der Waals surface area contributed by atoms with Crippen LogP contribution in [0.2, 0.25) is 0 Å². The smallest absolute Gasteiger partial charge is 0.303 e. The molecule has 0 spiro atoms. The molecule has 1 fully saturated rings. The van der Waals surface area contributed by atoms with Crippen LogP contribution in [0.25, 0.3) is 22.2 Å². The van der Waals surface area contributed by atoms with Gasteiger partial charge < -0.3 is 24.1 Å². The van der Waals surface area contributed by atoms with Crippen molar-refractivity contribution in [3.63, 3.8) is 0 Å². The van der Waals surface area contributed by atoms with Crippen LogP contribution < -0.4 is 9.47 Å². The molecule has 0 aliphatic carbocycles. The summed E-state index contributed by atoms with van der Waals surface area (Å²) in [6.45, 7) is 8.12. The van der Waals surface area contributed by atoms with E-state index in [1.165, 1.54) is 23.4 Å². The van der Waals surface area contributed by atoms with Gasteiger partial charge in [-0.3, -0.25) is 9.59 Å². The second-order valence-electron chi connectivity index (χ2n) is 9.88. The van der Waals surface area contributed by atoms with E-state index < -0.39 is 11.6 Å². The van der Waals surface area contributed by atoms with E-state index in [1.807, 2.05) is 17.0 Å². The number of aromatic nitrogens is 1. The predicted molar refractivity (Wildman–Crippen MR) is 141 cm³/mol. The molecule has 1 saturated heterocycles. The third-order valence-corrected chi connectivity index (χ3v) is 7.12. The van der Waals surface area contributed by atoms with Crippen LogP contribution in [0, 0.1) is 0 Å². The number of methoxy groups -OCH3 is 2. The largest absolute Gasteiger partial charge is 0.493 e. The van der Waals surface area contributed by atoms with E-state index in [9.17, 15) is 9.59 Å². The van der Waals surface area contributed by atoms with Gasteiger partial charge >= 0.3 is 5.97 Å². The van der Waals surface area contributed by atoms with E-state index in [-0.39, 0.29) is 5.91 Å². The van der Waals surface area contributed by atoms with Crippen LogP contribution in [0.3, 0.4) is 0 Å². The zero-order chi connectivity index (χ0) is 26.0. The molecule has 3 aromatic rings. The number of fused-ring (bicyclic) bond motifs is 1. The number of piperidine rings is 1. The van der Waals surface area contributed by atoms with Gasteiger partial charge in [0.1, 0.15) is 0 Å². The summed E-state index contributed by atoms with van der Waals surface area (Å²) in [7, 11) is 3.29. The molecule has 2 heterocycles. The third kappa shape index (κ3) is 4.92. The number of H-pyrrole nitrogens is 1. The number of benzene rings is 2. The molecule has 0 radical (unpaired) electrons. The number of aromatic amines is 1. The number of hydrogen-bond acceptors (Lipinski definition) is 5. The predicted octanol–water partition coefficient (Wildman–Crippen LogP) is 5.46. The monoisotopic (exact) mass is 492 g/mol. The lowest BCUT2D eigenvalue weighted by Gasteiger charge is -2.36. The first kappa shape index (κ1) is 25.6. The normalized spacial score (nSPS) is 14.7. The maximum Gasteiger partial charge on any atom is 0.303 e. The number of rotatable bonds is 7. The first-order valence-corrected chi connectivity index (χ1v) is 12.5. The number of nitrogens with one attached hydrogen (secondary N) is 1. The average molecular weight is 493 g/mol. The summed E-state index contributed by atoms with van der Waals surface area (Å²) >= 11 is 0. The Bertz CT molecular complexity index is 1270. The lowest BCUT2D eigenvalue weighted by Crippen LogP contribution is -2.50. The van der Waals surface area contributed by atoms with Crippen LogP contribution in [0.4, 0.5) is 0 Å². The summed E-state index contributed by atoms with van der Waals surface area (Å²) in [5, 5.41) is 1.23. The summed E-state index contributed by atoms with van der Waals surface area (Å²) in [4.78, 5) is 29.7. The Morgan fingerprint density at radius 3 is 2.33 bits per heavy atom. The fourth-order valence-electron chi connectivity index (χ4n) is 5.32. The van der Waals surface area contributed by atoms with E-state index in [0.717, 1.165) is 36.0 Å². The molecular formula is C29H36N2O5. The van der Waals surface area contributed by atoms with Crippen LogP contribution in [0.15, 0.2) is 36.4 Å². The number of carbonyl (C=O) groups excluding carboxylic acids is 2. The second-order valence-corrected chi connectivity index (χ2v) is 9.88. The summed E-state index contributed by atoms with van der Waals surface area (Å²) in [6, 6.07) is 12.7. The van der Waals surface area contributed by atoms with Crippen molar-refractivity contribution in [2.75, 3.05) is 27.3 Å². The van der Waals surface area contributed by atoms with Crippen molar-refractivity contribution < 1.29 is 23.8 Å². The average Bonchev–Trinajstić information content (AvgIpc) is 3.25. The number of nitrogens with zero attached hydrogens (tertiary/aromatic N) is 1. The molecule has 1 aliphatic rings. The molecule has 2 aromatic carbocycles. The van der Waals surface area contributed by atoms with Gasteiger partial charge in [0.05, 0.1) is 14.2 Å². The lowest BCUT2D eigenvalue weighted by molar-refractivity contribution is -0.169. The molecule has 1 N–H and O–H groups in total. The van der Waals surface area contributed by atoms with Gasteiger partial charge in [-0.1, -0.05) is 13.0 Å². The molecule has 4 rings (SSSR count). The highest BCUT2D eigenvalue weighted by Gasteiger charge is 2.36. The van der Waals surface area contributed by atoms with Gasteiger partial charge in [0, 0.05) is 42.2 Å². The van der Waals surface area contributed by atoms with Gasteiger partial charge in [0.15, 0.2) is 17.1 Å². The Morgan fingerprint density at radius 1 is 1.03 bits per heavy atom. The molecule has 7 heteroatoms. The van der Waals surface area contributed by atoms with E-state index >= 15 is 0 Å². The summed E-state index contributed by atoms with van der Waals surface area (Å²) in [5.41, 5.74) is 4.69. The Balaban J connectivity index is 1.56. The van der Waals surface area contributed by atoms with Crippen LogP contribution in [0.5, 0.6) is 11.5 Å². The van der Waals surface area contributed by atoms with Gasteiger partial charge in [0.25, 0.3) is 5.91 Å². The molecule has 1 aliphatic heterocycles. The molecule has 7 nitrogen and oxygen atoms in total. The number of esters is 1. The summed E-state index contributed by atoms with van der Waals surface area (Å²) in [6.07, 6.45) is 2.65. The Labute approximate surface area is 212 Å². The number of hydrogen-bond donors (Lipinski definition) is 1. The molecule has 0 unspecified atom stereocenters. The molecular weight excluding hydrogens is 456 g/mol. The SMILES string of the molecule is CCc1c(-c2ccc(OC)c(OC)c2)[nH]c2ccc(C3CCN(C(=O)C(C)(C)OC(C)=O)CC3)cc12. The highest BCUT2D eigenvalue weighted by molar-refractivity contribution is 5.92. The molecule has 0 saturated carbocycles. The maximum atomic E-state index is 12.9. The molecule has 192 valence electrons. The maximum absolute atomic E-state index is 12.9. The number of likely N-dealkylation sites (tertiary alicyclic amines) is 1. The van der Waals surface area contributed by atoms with Crippen molar-refractivity contribution in [3.05, 3.63) is 47.5 Å². The zero-order valence-electron chi connectivity index (χ0n) is 22.1. The van der Waals surface area contributed by atoms with Crippen LogP contribution in [-0.4, -0.2) is 54.7 Å². The van der Waals surface area contributed by atoms with E-state index in [2.05, 4.69) is 36.2 Å². The highest BCUT2D eigenvalue weighted by Crippen LogP contribution is 2.38. The van der Waals surface area contributed by atoms with Gasteiger partial charge in [-0.2, -0.15) is 0 Å². The number of amides is 1. The van der Waals surface area contributed by atoms with Crippen molar-refractivity contribution >= 4 is 22.8 Å². The fraction of sp³-hybridized carbons (Fsp3) is 0.448. The molecule has 0 bridgehead atoms. The topological polar surface area (TPSA) is 80.9 Å². The minimum atomic E-state index is -1.14. The molecule has 36 heavy (non-hydrogen) atoms. The minimum Gasteiger partial charge on any atom is -0.493 e. The van der Waals surface area contributed by atoms with E-state index in [4.69, 9.17) is 14.2 Å². The zero-order valence-corrected chi connectivity index (χ0v) is 22.1. The summed E-state index contributed by atoms with van der Waals surface area (Å²) in [5.74, 6) is 1.21. The highest BCUT2D eigenvalue weighted by atomic mass is 16.6. The van der Waals surface area contributed by atoms with Gasteiger partial charge in [-0.25, -0.2) is 0 Å². The fourth-order valence-corrected chi connectivity index (χ4v) is 5.32. The van der Waals surface area contributed by atoms with Crippen LogP contribution in [-0.2, 0) is 20.7 Å². The Hall–Kier alpha value is -3.48. The Morgan fingerprint density at radius 2 is 1.72 bits per heavy atom. The Kier molecular flexibility index (Phi) is 7.29. The van der Waals surface area contributed by atoms with Crippen LogP contribution in [0.1, 0.15) is 57.6 Å². The number of carbonyl (C=O) groups is 2. The molecule has 1 aromatic heterocycles. The van der Waals surface area contributed by atoms with Crippen molar-refractivity contribution in [2.45, 2.75) is 58.5 Å². The van der Waals surface area contributed by atoms with E-state index in [0.29, 0.717) is 30.5 Å². The third-order valence-electron chi connectivity index (χ3n) is 7.12. The first-order chi connectivity index (χ1) is 17.2. The minimum absolute atomic E-state index is 0.134. The van der Waals surface area contributed by atoms with Crippen LogP contribution >= 0.6 is 0 Å². The number of aryl methyl sites for hydroxylation is 1. The van der Waals surface area contributed by atoms with Crippen molar-refractivity contribution in [2.24, 2.45) is 0 Å². The second kappa shape index (κ2) is 10.2. The molecule has 0 atom stereocenters. The van der Waals surface area contributed by atoms with Gasteiger partial charge in [-0.05, 0) is 80.5 Å². The van der Waals surface area contributed by atoms with Gasteiger partial charge in [0.2, 0.25) is 0 Å². The van der Waals surface area contributed by atoms with Crippen molar-refractivity contribution in [1.82, 2.24) is 9.88 Å². The quantitative estimate of drug-likeness (QED) is 0.443. The first-order valence-electron chi connectivity index (χ1n) is 12.5. The molecule has 1 amide bonds. The number of ether oxygens (including phenoxy) is 3. The van der Waals surface area contributed by atoms with Crippen molar-refractivity contribution in [1.29, 1.82) is 0 Å². The van der Waals surface area contributed by atoms with E-state index in [1.54, 1.807) is 28.1 Å². The van der Waals surface area contributed by atoms with Crippen molar-refractivity contribution in [3.8, 4) is 22.8 Å². The standard InChI is InChI=1S/C29H36N2O5/c1-7-22-23-16-20(19-12-14-31(15-13-19)28(33)29(3,4)36-18(2)32)8-10-24(23)30-27(22)21-9-11-25(34-5)26(17-21)35-6/h8-11,16-17,19,30H,7,12-15H2,1-6H3. The summed E-state index contributed by atoms with van der Waals surface area (Å²) < 4.78 is 16.2.